The second kappa shape index (κ2) is 8.97. The van der Waals surface area contributed by atoms with E-state index in [4.69, 9.17) is 4.74 Å². The summed E-state index contributed by atoms with van der Waals surface area (Å²) in [5, 5.41) is 16.0. The maximum atomic E-state index is 9.58. The van der Waals surface area contributed by atoms with Gasteiger partial charge in [-0.05, 0) is 40.9 Å². The van der Waals surface area contributed by atoms with Crippen LogP contribution in [0.25, 0.3) is 33.3 Å². The number of pyridine rings is 1. The molecule has 0 atom stereocenters. The summed E-state index contributed by atoms with van der Waals surface area (Å²) in [6.07, 6.45) is 5.26. The first-order valence-electron chi connectivity index (χ1n) is 10.3. The molecular formula is C27H15N5OPt. The van der Waals surface area contributed by atoms with Crippen molar-refractivity contribution in [3.8, 4) is 29.1 Å². The Labute approximate surface area is 209 Å². The second-order valence-corrected chi connectivity index (χ2v) is 7.38. The van der Waals surface area contributed by atoms with Crippen LogP contribution in [0.15, 0.2) is 91.4 Å². The minimum atomic E-state index is 0. The fraction of sp³-hybridized carbons (Fsp3) is 0. The average molecular weight is 621 g/mol. The van der Waals surface area contributed by atoms with Crippen molar-refractivity contribution in [1.29, 1.82) is 5.26 Å². The molecule has 0 amide bonds. The van der Waals surface area contributed by atoms with Crippen molar-refractivity contribution >= 4 is 21.8 Å². The van der Waals surface area contributed by atoms with Crippen molar-refractivity contribution in [3.63, 3.8) is 0 Å². The van der Waals surface area contributed by atoms with E-state index in [-0.39, 0.29) is 21.1 Å². The van der Waals surface area contributed by atoms with Gasteiger partial charge < -0.3 is 9.30 Å². The second-order valence-electron chi connectivity index (χ2n) is 7.38. The Morgan fingerprint density at radius 3 is 2.53 bits per heavy atom. The predicted octanol–water partition coefficient (Wildman–Crippen LogP) is 5.63. The van der Waals surface area contributed by atoms with Gasteiger partial charge in [0.25, 0.3) is 0 Å². The molecule has 0 aliphatic heterocycles. The largest absolute Gasteiger partial charge is 2.00 e. The zero-order valence-electron chi connectivity index (χ0n) is 17.6. The third-order valence-electron chi connectivity index (χ3n) is 5.41. The van der Waals surface area contributed by atoms with Crippen LogP contribution in [-0.2, 0) is 21.1 Å². The van der Waals surface area contributed by atoms with Gasteiger partial charge in [-0.25, -0.2) is 10.2 Å². The summed E-state index contributed by atoms with van der Waals surface area (Å²) >= 11 is 0. The van der Waals surface area contributed by atoms with Gasteiger partial charge in [0.2, 0.25) is 0 Å². The van der Waals surface area contributed by atoms with E-state index in [1.807, 2.05) is 54.7 Å². The van der Waals surface area contributed by atoms with Gasteiger partial charge in [-0.3, -0.25) is 4.68 Å². The molecule has 6 aromatic rings. The van der Waals surface area contributed by atoms with Crippen LogP contribution in [0.3, 0.4) is 0 Å². The van der Waals surface area contributed by atoms with E-state index >= 15 is 0 Å². The number of aromatic nitrogens is 4. The minimum absolute atomic E-state index is 0. The van der Waals surface area contributed by atoms with Gasteiger partial charge in [-0.15, -0.1) is 35.7 Å². The van der Waals surface area contributed by atoms with Gasteiger partial charge in [0, 0.05) is 41.7 Å². The van der Waals surface area contributed by atoms with Crippen molar-refractivity contribution in [2.75, 3.05) is 0 Å². The van der Waals surface area contributed by atoms with Gasteiger partial charge in [0.05, 0.1) is 0 Å². The van der Waals surface area contributed by atoms with Crippen LogP contribution in [0.4, 0.5) is 0 Å². The van der Waals surface area contributed by atoms with Gasteiger partial charge in [-0.1, -0.05) is 29.8 Å². The third-order valence-corrected chi connectivity index (χ3v) is 5.41. The topological polar surface area (TPSA) is 68.7 Å². The average Bonchev–Trinajstić information content (AvgIpc) is 3.51. The minimum Gasteiger partial charge on any atom is -0.508 e. The summed E-state index contributed by atoms with van der Waals surface area (Å²) in [7, 11) is 0. The van der Waals surface area contributed by atoms with Crippen LogP contribution in [0, 0.1) is 23.5 Å². The van der Waals surface area contributed by atoms with Gasteiger partial charge in [0.1, 0.15) is 5.82 Å². The fourth-order valence-corrected chi connectivity index (χ4v) is 3.94. The van der Waals surface area contributed by atoms with Crippen molar-refractivity contribution in [2.24, 2.45) is 0 Å². The SMILES string of the molecule is N#Cc1ccc(-n2cccn2)[c-]c1Oc1[c-]c2c(cc1)c1ccccc1n2-c1ccccn1.[Pt+2]. The Hall–Kier alpha value is -4.20. The quantitative estimate of drug-likeness (QED) is 0.240. The molecule has 0 bridgehead atoms. The van der Waals surface area contributed by atoms with Crippen molar-refractivity contribution in [3.05, 3.63) is 109 Å². The Bertz CT molecular complexity index is 1650. The molecule has 6 nitrogen and oxygen atoms in total. The zero-order valence-corrected chi connectivity index (χ0v) is 19.9. The van der Waals surface area contributed by atoms with Gasteiger partial charge >= 0.3 is 21.1 Å². The Morgan fingerprint density at radius 1 is 0.853 bits per heavy atom. The molecule has 3 aromatic carbocycles. The molecule has 3 heterocycles. The first-order valence-corrected chi connectivity index (χ1v) is 10.3. The number of hydrogen-bond donors (Lipinski definition) is 0. The van der Waals surface area contributed by atoms with Crippen LogP contribution in [0.1, 0.15) is 5.56 Å². The van der Waals surface area contributed by atoms with Crippen molar-refractivity contribution in [2.45, 2.75) is 0 Å². The Kier molecular flexibility index (Phi) is 5.71. The van der Waals surface area contributed by atoms with Crippen LogP contribution >= 0.6 is 0 Å². The molecule has 0 aliphatic rings. The monoisotopic (exact) mass is 620 g/mol. The van der Waals surface area contributed by atoms with E-state index in [1.165, 1.54) is 0 Å². The maximum Gasteiger partial charge on any atom is 2.00 e. The number of fused-ring (bicyclic) bond motifs is 3. The standard InChI is InChI=1S/C27H15N5O.Pt/c28-18-19-9-10-20(31-15-5-14-30-31)16-26(19)33-21-11-12-23-22-6-1-2-7-24(22)32(25(23)17-21)27-8-3-4-13-29-27;/h1-15H;/q-2;+2. The predicted molar refractivity (Wildman–Crippen MR) is 125 cm³/mol. The molecule has 0 saturated heterocycles. The number of benzene rings is 3. The molecule has 0 saturated carbocycles. The molecule has 7 heteroatoms. The molecule has 0 radical (unpaired) electrons. The molecule has 0 N–H and O–H groups in total. The number of rotatable bonds is 4. The maximum absolute atomic E-state index is 9.58. The van der Waals surface area contributed by atoms with Crippen LogP contribution in [-0.4, -0.2) is 19.3 Å². The van der Waals surface area contributed by atoms with E-state index in [9.17, 15) is 5.26 Å². The zero-order chi connectivity index (χ0) is 22.2. The van der Waals surface area contributed by atoms with E-state index in [1.54, 1.807) is 29.2 Å². The van der Waals surface area contributed by atoms with Gasteiger partial charge in [0.15, 0.2) is 0 Å². The number of nitriles is 1. The molecule has 34 heavy (non-hydrogen) atoms. The molecule has 0 unspecified atom stereocenters. The number of hydrogen-bond acceptors (Lipinski definition) is 4. The van der Waals surface area contributed by atoms with E-state index in [2.05, 4.69) is 45.0 Å². The first kappa shape index (κ1) is 21.6. The summed E-state index contributed by atoms with van der Waals surface area (Å²) in [6, 6.07) is 31.9. The third kappa shape index (κ3) is 3.67. The summed E-state index contributed by atoms with van der Waals surface area (Å²) in [4.78, 5) is 4.55. The van der Waals surface area contributed by atoms with Gasteiger partial charge in [-0.2, -0.15) is 11.2 Å². The van der Waals surface area contributed by atoms with Crippen LogP contribution < -0.4 is 4.74 Å². The Morgan fingerprint density at radius 2 is 1.74 bits per heavy atom. The molecule has 0 fully saturated rings. The normalized spacial score (nSPS) is 10.7. The summed E-state index contributed by atoms with van der Waals surface area (Å²) in [6.45, 7) is 0. The van der Waals surface area contributed by atoms with Crippen LogP contribution in [0.2, 0.25) is 0 Å². The Balaban J connectivity index is 0.00000241. The number of nitrogens with zero attached hydrogens (tertiary/aromatic N) is 5. The van der Waals surface area contributed by atoms with Crippen molar-refractivity contribution < 1.29 is 25.8 Å². The van der Waals surface area contributed by atoms with E-state index in [0.717, 1.165) is 27.6 Å². The van der Waals surface area contributed by atoms with Crippen LogP contribution in [0.5, 0.6) is 11.5 Å². The smallest absolute Gasteiger partial charge is 0.508 e. The molecule has 164 valence electrons. The summed E-state index contributed by atoms with van der Waals surface area (Å²) < 4.78 is 9.85. The first-order chi connectivity index (χ1) is 16.3. The molecule has 3 aromatic heterocycles. The van der Waals surface area contributed by atoms with E-state index < -0.39 is 0 Å². The molecule has 0 aliphatic carbocycles. The molecular weight excluding hydrogens is 605 g/mol. The molecule has 6 rings (SSSR count). The molecule has 0 spiro atoms. The fourth-order valence-electron chi connectivity index (χ4n) is 3.94. The number of ether oxygens (including phenoxy) is 1. The van der Waals surface area contributed by atoms with Crippen molar-refractivity contribution in [1.82, 2.24) is 19.3 Å². The summed E-state index contributed by atoms with van der Waals surface area (Å²) in [5.41, 5.74) is 2.93. The summed E-state index contributed by atoms with van der Waals surface area (Å²) in [5.74, 6) is 1.59. The number of para-hydroxylation sites is 1. The van der Waals surface area contributed by atoms with E-state index in [0.29, 0.717) is 22.7 Å².